The van der Waals surface area contributed by atoms with Gasteiger partial charge in [-0.15, -0.1) is 12.4 Å². The molecule has 2 heterocycles. The van der Waals surface area contributed by atoms with Crippen molar-refractivity contribution in [2.45, 2.75) is 17.7 Å². The van der Waals surface area contributed by atoms with Crippen molar-refractivity contribution in [1.29, 1.82) is 0 Å². The van der Waals surface area contributed by atoms with Crippen LogP contribution in [0.2, 0.25) is 0 Å². The number of sulfonamides is 1. The van der Waals surface area contributed by atoms with E-state index < -0.39 is 10.0 Å². The molecule has 1 unspecified atom stereocenters. The second kappa shape index (κ2) is 9.32. The Bertz CT molecular complexity index is 856. The Morgan fingerprint density at radius 2 is 2.04 bits per heavy atom. The zero-order valence-electron chi connectivity index (χ0n) is 14.8. The fourth-order valence-electron chi connectivity index (χ4n) is 3.02. The summed E-state index contributed by atoms with van der Waals surface area (Å²) in [5.41, 5.74) is 6.18. The maximum absolute atomic E-state index is 12.9. The topological polar surface area (TPSA) is 110 Å². The molecule has 1 fully saturated rings. The van der Waals surface area contributed by atoms with Crippen molar-refractivity contribution < 1.29 is 13.2 Å². The van der Waals surface area contributed by atoms with Crippen LogP contribution in [0.4, 0.5) is 0 Å². The fraction of sp³-hybridized carbons (Fsp3) is 0.412. The van der Waals surface area contributed by atoms with Gasteiger partial charge in [-0.3, -0.25) is 4.79 Å². The van der Waals surface area contributed by atoms with E-state index in [1.54, 1.807) is 0 Å². The van der Waals surface area contributed by atoms with Crippen LogP contribution < -0.4 is 11.1 Å². The van der Waals surface area contributed by atoms with E-state index in [-0.39, 0.29) is 35.7 Å². The summed E-state index contributed by atoms with van der Waals surface area (Å²) in [6, 6.07) is 9.30. The van der Waals surface area contributed by atoms with Crippen LogP contribution in [-0.4, -0.2) is 54.6 Å². The largest absolute Gasteiger partial charge is 0.355 e. The second-order valence-corrected chi connectivity index (χ2v) is 8.18. The fourth-order valence-corrected chi connectivity index (χ4v) is 4.48. The van der Waals surface area contributed by atoms with E-state index in [1.165, 1.54) is 21.4 Å². The molecule has 0 bridgehead atoms. The monoisotopic (exact) mass is 413 g/mol. The van der Waals surface area contributed by atoms with Gasteiger partial charge in [-0.05, 0) is 25.0 Å². The minimum absolute atomic E-state index is 0. The average Bonchev–Trinajstić information content (AvgIpc) is 3.18. The van der Waals surface area contributed by atoms with E-state index in [4.69, 9.17) is 5.73 Å². The van der Waals surface area contributed by atoms with Crippen LogP contribution in [0.1, 0.15) is 12.8 Å². The van der Waals surface area contributed by atoms with E-state index >= 15 is 0 Å². The molecule has 1 aliphatic rings. The van der Waals surface area contributed by atoms with Crippen molar-refractivity contribution in [2.75, 3.05) is 26.2 Å². The first-order valence-electron chi connectivity index (χ1n) is 8.60. The van der Waals surface area contributed by atoms with E-state index in [9.17, 15) is 13.2 Å². The number of hydrogen-bond acceptors (Lipinski definition) is 5. The SMILES string of the molecule is Cl.NCCNC(=O)C1CCCN(S(=O)(=O)c2cnn(-c3ccccc3)c2)C1. The Labute approximate surface area is 165 Å². The van der Waals surface area contributed by atoms with Gasteiger partial charge in [0.2, 0.25) is 15.9 Å². The normalized spacial score (nSPS) is 17.9. The van der Waals surface area contributed by atoms with Crippen LogP contribution in [0.15, 0.2) is 47.6 Å². The third-order valence-electron chi connectivity index (χ3n) is 4.42. The lowest BCUT2D eigenvalue weighted by Gasteiger charge is -2.30. The predicted molar refractivity (Wildman–Crippen MR) is 104 cm³/mol. The van der Waals surface area contributed by atoms with Gasteiger partial charge in [-0.1, -0.05) is 18.2 Å². The lowest BCUT2D eigenvalue weighted by molar-refractivity contribution is -0.126. The van der Waals surface area contributed by atoms with Crippen molar-refractivity contribution >= 4 is 28.3 Å². The number of para-hydroxylation sites is 1. The first-order valence-corrected chi connectivity index (χ1v) is 10.0. The summed E-state index contributed by atoms with van der Waals surface area (Å²) in [7, 11) is -3.69. The molecule has 1 aromatic carbocycles. The third-order valence-corrected chi connectivity index (χ3v) is 6.23. The quantitative estimate of drug-likeness (QED) is 0.726. The number of carbonyl (C=O) groups excluding carboxylic acids is 1. The maximum atomic E-state index is 12.9. The lowest BCUT2D eigenvalue weighted by Crippen LogP contribution is -2.46. The Morgan fingerprint density at radius 3 is 2.74 bits per heavy atom. The number of hydrogen-bond donors (Lipinski definition) is 2. The van der Waals surface area contributed by atoms with Crippen LogP contribution in [0, 0.1) is 5.92 Å². The van der Waals surface area contributed by atoms with E-state index in [0.717, 1.165) is 5.69 Å². The van der Waals surface area contributed by atoms with Crippen molar-refractivity contribution in [3.05, 3.63) is 42.7 Å². The minimum Gasteiger partial charge on any atom is -0.355 e. The standard InChI is InChI=1S/C17H23N5O3S.ClH/c18-8-9-19-17(23)14-5-4-10-21(12-14)26(24,25)16-11-20-22(13-16)15-6-2-1-3-7-15;/h1-3,6-7,11,13-14H,4-5,8-10,12,18H2,(H,19,23);1H. The van der Waals surface area contributed by atoms with E-state index in [0.29, 0.717) is 32.5 Å². The van der Waals surface area contributed by atoms with Gasteiger partial charge in [-0.2, -0.15) is 9.40 Å². The number of halogens is 1. The van der Waals surface area contributed by atoms with Crippen molar-refractivity contribution in [2.24, 2.45) is 11.7 Å². The molecule has 27 heavy (non-hydrogen) atoms. The molecule has 1 saturated heterocycles. The van der Waals surface area contributed by atoms with Crippen LogP contribution >= 0.6 is 12.4 Å². The molecule has 2 aromatic rings. The first kappa shape index (κ1) is 21.4. The summed E-state index contributed by atoms with van der Waals surface area (Å²) in [6.07, 6.45) is 4.17. The summed E-state index contributed by atoms with van der Waals surface area (Å²) < 4.78 is 28.8. The lowest BCUT2D eigenvalue weighted by atomic mass is 9.99. The molecule has 0 aliphatic carbocycles. The van der Waals surface area contributed by atoms with Gasteiger partial charge in [0, 0.05) is 26.2 Å². The molecular weight excluding hydrogens is 390 g/mol. The van der Waals surface area contributed by atoms with Crippen molar-refractivity contribution in [3.8, 4) is 5.69 Å². The molecule has 0 spiro atoms. The summed E-state index contributed by atoms with van der Waals surface area (Å²) in [5.74, 6) is -0.496. The van der Waals surface area contributed by atoms with Crippen LogP contribution in [0.25, 0.3) is 5.69 Å². The molecule has 1 aromatic heterocycles. The van der Waals surface area contributed by atoms with Gasteiger partial charge in [0.05, 0.1) is 24.0 Å². The number of piperidine rings is 1. The second-order valence-electron chi connectivity index (χ2n) is 6.24. The van der Waals surface area contributed by atoms with Gasteiger partial charge in [-0.25, -0.2) is 13.1 Å². The molecule has 1 atom stereocenters. The van der Waals surface area contributed by atoms with E-state index in [1.807, 2.05) is 30.3 Å². The molecule has 3 rings (SSSR count). The number of nitrogens with zero attached hydrogens (tertiary/aromatic N) is 3. The Morgan fingerprint density at radius 1 is 1.30 bits per heavy atom. The van der Waals surface area contributed by atoms with Crippen LogP contribution in [0.3, 0.4) is 0 Å². The Hall–Kier alpha value is -1.94. The molecular formula is C17H24ClN5O3S. The number of aromatic nitrogens is 2. The van der Waals surface area contributed by atoms with Crippen LogP contribution in [0.5, 0.6) is 0 Å². The van der Waals surface area contributed by atoms with Crippen molar-refractivity contribution in [3.63, 3.8) is 0 Å². The van der Waals surface area contributed by atoms with Crippen molar-refractivity contribution in [1.82, 2.24) is 19.4 Å². The highest BCUT2D eigenvalue weighted by atomic mass is 35.5. The summed E-state index contributed by atoms with van der Waals surface area (Å²) in [6.45, 7) is 1.33. The average molecular weight is 414 g/mol. The maximum Gasteiger partial charge on any atom is 0.246 e. The van der Waals surface area contributed by atoms with Gasteiger partial charge in [0.15, 0.2) is 0 Å². The van der Waals surface area contributed by atoms with Gasteiger partial charge in [0.1, 0.15) is 4.90 Å². The third kappa shape index (κ3) is 4.86. The number of amides is 1. The highest BCUT2D eigenvalue weighted by Gasteiger charge is 2.33. The highest BCUT2D eigenvalue weighted by Crippen LogP contribution is 2.24. The Balaban J connectivity index is 0.00000261. The zero-order chi connectivity index (χ0) is 18.6. The number of carbonyl (C=O) groups is 1. The smallest absolute Gasteiger partial charge is 0.246 e. The molecule has 1 amide bonds. The number of nitrogens with two attached hydrogens (primary N) is 1. The number of rotatable bonds is 6. The number of nitrogens with one attached hydrogen (secondary N) is 1. The van der Waals surface area contributed by atoms with Crippen LogP contribution in [-0.2, 0) is 14.8 Å². The molecule has 0 radical (unpaired) electrons. The summed E-state index contributed by atoms with van der Waals surface area (Å²) >= 11 is 0. The van der Waals surface area contributed by atoms with Gasteiger partial charge >= 0.3 is 0 Å². The highest BCUT2D eigenvalue weighted by molar-refractivity contribution is 7.89. The molecule has 1 aliphatic heterocycles. The molecule has 0 saturated carbocycles. The summed E-state index contributed by atoms with van der Waals surface area (Å²) in [4.78, 5) is 12.3. The van der Waals surface area contributed by atoms with Gasteiger partial charge < -0.3 is 11.1 Å². The first-order chi connectivity index (χ1) is 12.5. The summed E-state index contributed by atoms with van der Waals surface area (Å²) in [5, 5.41) is 6.90. The molecule has 3 N–H and O–H groups in total. The molecule has 10 heteroatoms. The minimum atomic E-state index is -3.69. The van der Waals surface area contributed by atoms with Gasteiger partial charge in [0.25, 0.3) is 0 Å². The van der Waals surface area contributed by atoms with E-state index in [2.05, 4.69) is 10.4 Å². The zero-order valence-corrected chi connectivity index (χ0v) is 16.5. The Kier molecular flexibility index (Phi) is 7.37. The molecule has 8 nitrogen and oxygen atoms in total. The number of benzene rings is 1. The predicted octanol–water partition coefficient (Wildman–Crippen LogP) is 0.770. The molecule has 148 valence electrons.